The normalized spacial score (nSPS) is 18.9. The van der Waals surface area contributed by atoms with Crippen LogP contribution in [-0.4, -0.2) is 47.1 Å². The van der Waals surface area contributed by atoms with E-state index in [1.54, 1.807) is 17.2 Å². The summed E-state index contributed by atoms with van der Waals surface area (Å²) in [5.74, 6) is 0.704. The maximum atomic E-state index is 12.4. The summed E-state index contributed by atoms with van der Waals surface area (Å²) in [5.41, 5.74) is 0.496. The first-order valence-corrected chi connectivity index (χ1v) is 7.33. The number of carbonyl (C=O) groups is 1. The van der Waals surface area contributed by atoms with Crippen LogP contribution in [0.5, 0.6) is 0 Å². The number of nitrogens with one attached hydrogen (secondary N) is 1. The van der Waals surface area contributed by atoms with Crippen molar-refractivity contribution in [2.75, 3.05) is 31.6 Å². The quantitative estimate of drug-likeness (QED) is 0.892. The van der Waals surface area contributed by atoms with Crippen molar-refractivity contribution < 1.29 is 9.90 Å². The minimum atomic E-state index is -0.0689. The van der Waals surface area contributed by atoms with E-state index in [1.807, 2.05) is 6.92 Å². The first-order valence-electron chi connectivity index (χ1n) is 6.95. The lowest BCUT2D eigenvalue weighted by atomic mass is 9.98. The number of anilines is 1. The SMILES string of the molecule is CCNc1ncc(C(=O)N2CCCC(CO)C2)cc1Cl. The molecular weight excluding hydrogens is 278 g/mol. The van der Waals surface area contributed by atoms with Crippen molar-refractivity contribution >= 4 is 23.3 Å². The van der Waals surface area contributed by atoms with Gasteiger partial charge in [-0.1, -0.05) is 11.6 Å². The fourth-order valence-electron chi connectivity index (χ4n) is 2.43. The molecule has 2 heterocycles. The van der Waals surface area contributed by atoms with Crippen LogP contribution in [0.3, 0.4) is 0 Å². The fraction of sp³-hybridized carbons (Fsp3) is 0.571. The Hall–Kier alpha value is -1.33. The highest BCUT2D eigenvalue weighted by molar-refractivity contribution is 6.33. The predicted molar refractivity (Wildman–Crippen MR) is 79.1 cm³/mol. The number of halogens is 1. The zero-order valence-electron chi connectivity index (χ0n) is 11.6. The smallest absolute Gasteiger partial charge is 0.255 e. The van der Waals surface area contributed by atoms with E-state index in [0.29, 0.717) is 22.9 Å². The van der Waals surface area contributed by atoms with Crippen LogP contribution >= 0.6 is 11.6 Å². The van der Waals surface area contributed by atoms with Crippen LogP contribution in [0.4, 0.5) is 5.82 Å². The zero-order chi connectivity index (χ0) is 14.5. The zero-order valence-corrected chi connectivity index (χ0v) is 12.4. The summed E-state index contributed by atoms with van der Waals surface area (Å²) >= 11 is 6.11. The van der Waals surface area contributed by atoms with E-state index in [4.69, 9.17) is 11.6 Å². The number of rotatable bonds is 4. The van der Waals surface area contributed by atoms with Crippen LogP contribution in [0, 0.1) is 5.92 Å². The Bertz CT molecular complexity index is 481. The second-order valence-corrected chi connectivity index (χ2v) is 5.43. The van der Waals surface area contributed by atoms with Crippen LogP contribution < -0.4 is 5.32 Å². The third kappa shape index (κ3) is 3.41. The first-order chi connectivity index (χ1) is 9.65. The number of aromatic nitrogens is 1. The summed E-state index contributed by atoms with van der Waals surface area (Å²) in [6.07, 6.45) is 3.45. The van der Waals surface area contributed by atoms with Crippen molar-refractivity contribution in [2.45, 2.75) is 19.8 Å². The topological polar surface area (TPSA) is 65.5 Å². The molecule has 0 radical (unpaired) electrons. The van der Waals surface area contributed by atoms with Gasteiger partial charge in [-0.25, -0.2) is 4.98 Å². The van der Waals surface area contributed by atoms with Crippen LogP contribution in [0.2, 0.25) is 5.02 Å². The van der Waals surface area contributed by atoms with Crippen molar-refractivity contribution in [3.05, 3.63) is 22.8 Å². The highest BCUT2D eigenvalue weighted by atomic mass is 35.5. The van der Waals surface area contributed by atoms with Gasteiger partial charge in [0.1, 0.15) is 5.82 Å². The third-order valence-corrected chi connectivity index (χ3v) is 3.78. The molecule has 0 aliphatic carbocycles. The van der Waals surface area contributed by atoms with Gasteiger partial charge in [-0.15, -0.1) is 0 Å². The number of amides is 1. The van der Waals surface area contributed by atoms with Crippen LogP contribution in [-0.2, 0) is 0 Å². The van der Waals surface area contributed by atoms with E-state index < -0.39 is 0 Å². The molecule has 0 bridgehead atoms. The van der Waals surface area contributed by atoms with Crippen molar-refractivity contribution in [2.24, 2.45) is 5.92 Å². The molecule has 1 unspecified atom stereocenters. The largest absolute Gasteiger partial charge is 0.396 e. The molecule has 1 aliphatic heterocycles. The minimum absolute atomic E-state index is 0.0689. The van der Waals surface area contributed by atoms with Crippen molar-refractivity contribution in [1.82, 2.24) is 9.88 Å². The van der Waals surface area contributed by atoms with Gasteiger partial charge in [0.25, 0.3) is 5.91 Å². The molecule has 1 atom stereocenters. The van der Waals surface area contributed by atoms with Crippen molar-refractivity contribution in [3.8, 4) is 0 Å². The molecule has 1 aromatic heterocycles. The van der Waals surface area contributed by atoms with Gasteiger partial charge in [0.05, 0.1) is 10.6 Å². The molecule has 1 saturated heterocycles. The molecule has 2 N–H and O–H groups in total. The van der Waals surface area contributed by atoms with Gasteiger partial charge in [0.15, 0.2) is 0 Å². The number of nitrogens with zero attached hydrogens (tertiary/aromatic N) is 2. The molecule has 20 heavy (non-hydrogen) atoms. The molecule has 1 aromatic rings. The van der Waals surface area contributed by atoms with Gasteiger partial charge >= 0.3 is 0 Å². The number of pyridine rings is 1. The van der Waals surface area contributed by atoms with E-state index in [0.717, 1.165) is 25.9 Å². The molecule has 2 rings (SSSR count). The summed E-state index contributed by atoms with van der Waals surface area (Å²) in [5, 5.41) is 12.7. The number of aliphatic hydroxyl groups is 1. The molecular formula is C14H20ClN3O2. The average Bonchev–Trinajstić information content (AvgIpc) is 2.49. The van der Waals surface area contributed by atoms with E-state index in [1.165, 1.54) is 0 Å². The molecule has 5 nitrogen and oxygen atoms in total. The number of carbonyl (C=O) groups excluding carboxylic acids is 1. The summed E-state index contributed by atoms with van der Waals surface area (Å²) in [7, 11) is 0. The Morgan fingerprint density at radius 3 is 3.10 bits per heavy atom. The molecule has 0 aromatic carbocycles. The van der Waals surface area contributed by atoms with Gasteiger partial charge < -0.3 is 15.3 Å². The standard InChI is InChI=1S/C14H20ClN3O2/c1-2-16-13-12(15)6-11(7-17-13)14(20)18-5-3-4-10(8-18)9-19/h6-7,10,19H,2-5,8-9H2,1H3,(H,16,17). The number of hydrogen-bond acceptors (Lipinski definition) is 4. The van der Waals surface area contributed by atoms with Crippen LogP contribution in [0.25, 0.3) is 0 Å². The summed E-state index contributed by atoms with van der Waals surface area (Å²) < 4.78 is 0. The lowest BCUT2D eigenvalue weighted by molar-refractivity contribution is 0.0620. The first kappa shape index (κ1) is 15.1. The van der Waals surface area contributed by atoms with Crippen LogP contribution in [0.1, 0.15) is 30.1 Å². The Kier molecular flexibility index (Phi) is 5.20. The molecule has 1 aliphatic rings. The van der Waals surface area contributed by atoms with Gasteiger partial charge in [0.2, 0.25) is 0 Å². The maximum absolute atomic E-state index is 12.4. The summed E-state index contributed by atoms with van der Waals surface area (Å²) in [6.45, 7) is 4.14. The fourth-order valence-corrected chi connectivity index (χ4v) is 2.67. The average molecular weight is 298 g/mol. The molecule has 1 amide bonds. The van der Waals surface area contributed by atoms with Crippen molar-refractivity contribution in [1.29, 1.82) is 0 Å². The predicted octanol–water partition coefficient (Wildman–Crippen LogP) is 2.01. The maximum Gasteiger partial charge on any atom is 0.255 e. The Balaban J connectivity index is 2.10. The molecule has 6 heteroatoms. The van der Waals surface area contributed by atoms with Gasteiger partial charge in [-0.05, 0) is 31.7 Å². The number of likely N-dealkylation sites (tertiary alicyclic amines) is 1. The number of piperidine rings is 1. The third-order valence-electron chi connectivity index (χ3n) is 3.50. The monoisotopic (exact) mass is 297 g/mol. The Labute approximate surface area is 123 Å². The lowest BCUT2D eigenvalue weighted by Gasteiger charge is -2.31. The molecule has 110 valence electrons. The number of aliphatic hydroxyl groups excluding tert-OH is 1. The Morgan fingerprint density at radius 2 is 2.45 bits per heavy atom. The van der Waals surface area contributed by atoms with Crippen molar-refractivity contribution in [3.63, 3.8) is 0 Å². The van der Waals surface area contributed by atoms with E-state index in [9.17, 15) is 9.90 Å². The second-order valence-electron chi connectivity index (χ2n) is 5.03. The van der Waals surface area contributed by atoms with Gasteiger partial charge in [0, 0.05) is 32.4 Å². The second kappa shape index (κ2) is 6.90. The molecule has 1 fully saturated rings. The highest BCUT2D eigenvalue weighted by Gasteiger charge is 2.24. The Morgan fingerprint density at radius 1 is 1.65 bits per heavy atom. The summed E-state index contributed by atoms with van der Waals surface area (Å²) in [6, 6.07) is 1.65. The lowest BCUT2D eigenvalue weighted by Crippen LogP contribution is -2.41. The van der Waals surface area contributed by atoms with E-state index in [2.05, 4.69) is 10.3 Å². The summed E-state index contributed by atoms with van der Waals surface area (Å²) in [4.78, 5) is 18.4. The van der Waals surface area contributed by atoms with Gasteiger partial charge in [-0.2, -0.15) is 0 Å². The van der Waals surface area contributed by atoms with E-state index >= 15 is 0 Å². The minimum Gasteiger partial charge on any atom is -0.396 e. The molecule has 0 saturated carbocycles. The number of hydrogen-bond donors (Lipinski definition) is 2. The van der Waals surface area contributed by atoms with Gasteiger partial charge in [-0.3, -0.25) is 4.79 Å². The van der Waals surface area contributed by atoms with E-state index in [-0.39, 0.29) is 18.4 Å². The highest BCUT2D eigenvalue weighted by Crippen LogP contribution is 2.22. The molecule has 0 spiro atoms. The van der Waals surface area contributed by atoms with Crippen LogP contribution in [0.15, 0.2) is 12.3 Å².